The van der Waals surface area contributed by atoms with Gasteiger partial charge < -0.3 is 14.7 Å². The van der Waals surface area contributed by atoms with Gasteiger partial charge in [0, 0.05) is 17.8 Å². The topological polar surface area (TPSA) is 71.3 Å². The Labute approximate surface area is 170 Å². The Hall–Kier alpha value is -3.36. The van der Waals surface area contributed by atoms with Crippen molar-refractivity contribution in [3.8, 4) is 11.4 Å². The van der Waals surface area contributed by atoms with Gasteiger partial charge in [0.1, 0.15) is 6.04 Å². The summed E-state index contributed by atoms with van der Waals surface area (Å²) < 4.78 is 44.1. The number of nitrogens with zero attached hydrogens (tertiary/aromatic N) is 3. The van der Waals surface area contributed by atoms with Crippen LogP contribution in [0, 0.1) is 6.92 Å². The van der Waals surface area contributed by atoms with E-state index < -0.39 is 23.8 Å². The Bertz CT molecular complexity index is 1050. The second-order valence-corrected chi connectivity index (χ2v) is 7.18. The number of aromatic nitrogens is 2. The summed E-state index contributed by atoms with van der Waals surface area (Å²) in [6, 6.07) is 11.3. The molecule has 1 aromatic heterocycles. The maximum absolute atomic E-state index is 12.9. The lowest BCUT2D eigenvalue weighted by atomic mass is 10.1. The van der Waals surface area contributed by atoms with Gasteiger partial charge in [0.15, 0.2) is 0 Å². The highest BCUT2D eigenvalue weighted by Gasteiger charge is 2.35. The molecule has 0 saturated carbocycles. The van der Waals surface area contributed by atoms with Crippen molar-refractivity contribution in [1.82, 2.24) is 15.0 Å². The molecule has 1 aliphatic heterocycles. The standard InChI is InChI=1S/C21H19F3N4O2/c1-13-7-9-14(10-8-13)18-26-19(30-27-18)17-6-3-11-28(17)20(29)25-16-5-2-4-15(12-16)21(22,23)24/h2,4-5,7-10,12,17H,3,6,11H2,1H3,(H,25,29)/t17-/m1/s1. The average Bonchev–Trinajstić information content (AvgIpc) is 3.37. The van der Waals surface area contributed by atoms with Crippen molar-refractivity contribution in [3.63, 3.8) is 0 Å². The molecule has 0 spiro atoms. The molecular weight excluding hydrogens is 397 g/mol. The molecule has 4 rings (SSSR count). The number of urea groups is 1. The number of benzene rings is 2. The molecule has 1 N–H and O–H groups in total. The number of alkyl halides is 3. The SMILES string of the molecule is Cc1ccc(-c2noc([C@H]3CCCN3C(=O)Nc3cccc(C(F)(F)F)c3)n2)cc1. The average molecular weight is 416 g/mol. The molecule has 1 aliphatic rings. The lowest BCUT2D eigenvalue weighted by Crippen LogP contribution is -2.34. The molecule has 2 aromatic carbocycles. The summed E-state index contributed by atoms with van der Waals surface area (Å²) >= 11 is 0. The smallest absolute Gasteiger partial charge is 0.337 e. The first-order valence-electron chi connectivity index (χ1n) is 9.47. The molecule has 2 heterocycles. The number of nitrogens with one attached hydrogen (secondary N) is 1. The minimum Gasteiger partial charge on any atom is -0.337 e. The van der Waals surface area contributed by atoms with Gasteiger partial charge in [-0.3, -0.25) is 0 Å². The molecule has 9 heteroatoms. The van der Waals surface area contributed by atoms with Gasteiger partial charge in [-0.05, 0) is 38.0 Å². The number of hydrogen-bond donors (Lipinski definition) is 1. The van der Waals surface area contributed by atoms with E-state index in [-0.39, 0.29) is 5.69 Å². The highest BCUT2D eigenvalue weighted by atomic mass is 19.4. The number of anilines is 1. The number of aryl methyl sites for hydroxylation is 1. The third-order valence-electron chi connectivity index (χ3n) is 4.99. The van der Waals surface area contributed by atoms with Gasteiger partial charge in [-0.1, -0.05) is 41.1 Å². The molecular formula is C21H19F3N4O2. The van der Waals surface area contributed by atoms with E-state index in [0.717, 1.165) is 29.7 Å². The Balaban J connectivity index is 1.50. The quantitative estimate of drug-likeness (QED) is 0.618. The number of rotatable bonds is 3. The maximum Gasteiger partial charge on any atom is 0.416 e. The lowest BCUT2D eigenvalue weighted by Gasteiger charge is -2.22. The molecule has 0 unspecified atom stereocenters. The predicted octanol–water partition coefficient (Wildman–Crippen LogP) is 5.43. The van der Waals surface area contributed by atoms with Gasteiger partial charge in [0.25, 0.3) is 0 Å². The summed E-state index contributed by atoms with van der Waals surface area (Å²) in [5.74, 6) is 0.734. The Morgan fingerprint density at radius 1 is 1.20 bits per heavy atom. The van der Waals surface area contributed by atoms with Gasteiger partial charge in [0.2, 0.25) is 11.7 Å². The van der Waals surface area contributed by atoms with Gasteiger partial charge in [-0.25, -0.2) is 4.79 Å². The first kappa shape index (κ1) is 19.9. The molecule has 2 amide bonds. The second kappa shape index (κ2) is 7.81. The Kier molecular flexibility index (Phi) is 5.19. The molecule has 0 radical (unpaired) electrons. The molecule has 1 fully saturated rings. The highest BCUT2D eigenvalue weighted by Crippen LogP contribution is 2.34. The lowest BCUT2D eigenvalue weighted by molar-refractivity contribution is -0.137. The van der Waals surface area contributed by atoms with E-state index in [1.807, 2.05) is 31.2 Å². The zero-order valence-corrected chi connectivity index (χ0v) is 16.1. The van der Waals surface area contributed by atoms with Crippen LogP contribution >= 0.6 is 0 Å². The fraction of sp³-hybridized carbons (Fsp3) is 0.286. The fourth-order valence-corrected chi connectivity index (χ4v) is 3.43. The number of carbonyl (C=O) groups is 1. The third-order valence-corrected chi connectivity index (χ3v) is 4.99. The fourth-order valence-electron chi connectivity index (χ4n) is 3.43. The zero-order chi connectivity index (χ0) is 21.3. The number of likely N-dealkylation sites (tertiary alicyclic amines) is 1. The van der Waals surface area contributed by atoms with E-state index in [1.54, 1.807) is 0 Å². The van der Waals surface area contributed by atoms with Crippen molar-refractivity contribution < 1.29 is 22.5 Å². The van der Waals surface area contributed by atoms with Crippen LogP contribution in [-0.2, 0) is 6.18 Å². The van der Waals surface area contributed by atoms with Crippen LogP contribution in [0.25, 0.3) is 11.4 Å². The highest BCUT2D eigenvalue weighted by molar-refractivity contribution is 5.89. The van der Waals surface area contributed by atoms with Crippen molar-refractivity contribution in [2.24, 2.45) is 0 Å². The molecule has 1 saturated heterocycles. The molecule has 6 nitrogen and oxygen atoms in total. The van der Waals surface area contributed by atoms with Crippen molar-refractivity contribution in [2.45, 2.75) is 32.0 Å². The summed E-state index contributed by atoms with van der Waals surface area (Å²) in [5, 5.41) is 6.55. The summed E-state index contributed by atoms with van der Waals surface area (Å²) in [7, 11) is 0. The number of amides is 2. The Morgan fingerprint density at radius 3 is 2.70 bits per heavy atom. The number of halogens is 3. The number of carbonyl (C=O) groups excluding carboxylic acids is 1. The third kappa shape index (κ3) is 4.14. The van der Waals surface area contributed by atoms with Crippen molar-refractivity contribution in [1.29, 1.82) is 0 Å². The van der Waals surface area contributed by atoms with Crippen LogP contribution in [0.15, 0.2) is 53.1 Å². The molecule has 30 heavy (non-hydrogen) atoms. The van der Waals surface area contributed by atoms with E-state index in [0.29, 0.717) is 24.7 Å². The van der Waals surface area contributed by atoms with E-state index in [9.17, 15) is 18.0 Å². The van der Waals surface area contributed by atoms with Crippen molar-refractivity contribution >= 4 is 11.7 Å². The summed E-state index contributed by atoms with van der Waals surface area (Å²) in [4.78, 5) is 18.7. The normalized spacial score (nSPS) is 16.7. The van der Waals surface area contributed by atoms with Crippen LogP contribution in [0.5, 0.6) is 0 Å². The van der Waals surface area contributed by atoms with E-state index >= 15 is 0 Å². The van der Waals surface area contributed by atoms with Gasteiger partial charge >= 0.3 is 12.2 Å². The van der Waals surface area contributed by atoms with Gasteiger partial charge in [-0.2, -0.15) is 18.2 Å². The van der Waals surface area contributed by atoms with Gasteiger partial charge in [0.05, 0.1) is 5.56 Å². The van der Waals surface area contributed by atoms with Gasteiger partial charge in [-0.15, -0.1) is 0 Å². The molecule has 3 aromatic rings. The van der Waals surface area contributed by atoms with Crippen LogP contribution in [0.4, 0.5) is 23.7 Å². The van der Waals surface area contributed by atoms with E-state index in [2.05, 4.69) is 15.5 Å². The largest absolute Gasteiger partial charge is 0.416 e. The van der Waals surface area contributed by atoms with E-state index in [1.165, 1.54) is 17.0 Å². The predicted molar refractivity (Wildman–Crippen MR) is 104 cm³/mol. The monoisotopic (exact) mass is 416 g/mol. The first-order valence-corrected chi connectivity index (χ1v) is 9.47. The van der Waals surface area contributed by atoms with Crippen LogP contribution in [0.1, 0.15) is 35.9 Å². The first-order chi connectivity index (χ1) is 14.3. The van der Waals surface area contributed by atoms with Crippen LogP contribution in [0.2, 0.25) is 0 Å². The molecule has 0 aliphatic carbocycles. The maximum atomic E-state index is 12.9. The van der Waals surface area contributed by atoms with Crippen LogP contribution in [0.3, 0.4) is 0 Å². The summed E-state index contributed by atoms with van der Waals surface area (Å²) in [5.41, 5.74) is 1.16. The minimum absolute atomic E-state index is 0.0753. The van der Waals surface area contributed by atoms with Crippen LogP contribution < -0.4 is 5.32 Å². The molecule has 1 atom stereocenters. The molecule has 156 valence electrons. The zero-order valence-electron chi connectivity index (χ0n) is 16.1. The van der Waals surface area contributed by atoms with Crippen LogP contribution in [-0.4, -0.2) is 27.6 Å². The van der Waals surface area contributed by atoms with Crippen molar-refractivity contribution in [2.75, 3.05) is 11.9 Å². The summed E-state index contributed by atoms with van der Waals surface area (Å²) in [6.07, 6.45) is -3.12. The van der Waals surface area contributed by atoms with E-state index in [4.69, 9.17) is 4.52 Å². The van der Waals surface area contributed by atoms with Crippen molar-refractivity contribution in [3.05, 3.63) is 65.5 Å². The Morgan fingerprint density at radius 2 is 1.97 bits per heavy atom. The number of hydrogen-bond acceptors (Lipinski definition) is 4. The summed E-state index contributed by atoms with van der Waals surface area (Å²) in [6.45, 7) is 2.42. The minimum atomic E-state index is -4.48. The second-order valence-electron chi connectivity index (χ2n) is 7.18. The molecule has 0 bridgehead atoms.